The maximum atomic E-state index is 13.1. The van der Waals surface area contributed by atoms with E-state index in [-0.39, 0.29) is 11.8 Å². The first-order chi connectivity index (χ1) is 11.8. The highest BCUT2D eigenvalue weighted by molar-refractivity contribution is 6.06. The van der Waals surface area contributed by atoms with Gasteiger partial charge in [-0.05, 0) is 37.1 Å². The maximum absolute atomic E-state index is 13.1. The zero-order valence-electron chi connectivity index (χ0n) is 13.3. The van der Waals surface area contributed by atoms with E-state index in [2.05, 4.69) is 15.0 Å². The summed E-state index contributed by atoms with van der Waals surface area (Å²) in [5, 5.41) is 0.911. The number of rotatable bonds is 2. The Balaban J connectivity index is 1.62. The van der Waals surface area contributed by atoms with Crippen LogP contribution in [0, 0.1) is 0 Å². The van der Waals surface area contributed by atoms with Gasteiger partial charge in [0.1, 0.15) is 6.33 Å². The van der Waals surface area contributed by atoms with Gasteiger partial charge in [0.25, 0.3) is 5.91 Å². The van der Waals surface area contributed by atoms with Crippen LogP contribution in [0.4, 0.5) is 0 Å². The number of nitrogens with zero attached hydrogens (tertiary/aromatic N) is 4. The predicted molar refractivity (Wildman–Crippen MR) is 91.7 cm³/mol. The van der Waals surface area contributed by atoms with Gasteiger partial charge in [-0.1, -0.05) is 12.1 Å². The lowest BCUT2D eigenvalue weighted by atomic mass is 9.94. The molecule has 0 N–H and O–H groups in total. The van der Waals surface area contributed by atoms with E-state index in [0.29, 0.717) is 6.54 Å². The Morgan fingerprint density at radius 1 is 1.08 bits per heavy atom. The fourth-order valence-corrected chi connectivity index (χ4v) is 3.41. The van der Waals surface area contributed by atoms with Crippen molar-refractivity contribution < 1.29 is 4.79 Å². The first-order valence-corrected chi connectivity index (χ1v) is 8.22. The van der Waals surface area contributed by atoms with Crippen molar-refractivity contribution in [1.29, 1.82) is 0 Å². The van der Waals surface area contributed by atoms with E-state index in [9.17, 15) is 4.79 Å². The molecule has 1 atom stereocenters. The van der Waals surface area contributed by atoms with E-state index in [1.165, 1.54) is 0 Å². The van der Waals surface area contributed by atoms with Crippen molar-refractivity contribution in [3.05, 3.63) is 66.4 Å². The van der Waals surface area contributed by atoms with Crippen molar-refractivity contribution in [3.8, 4) is 0 Å². The SMILES string of the molecule is O=C(c1cccc2ncccc12)N1CCC[C@H](c2ccncn2)C1. The van der Waals surface area contributed by atoms with Gasteiger partial charge in [-0.3, -0.25) is 9.78 Å². The second-order valence-corrected chi connectivity index (χ2v) is 6.10. The molecular formula is C19H18N4O. The van der Waals surface area contributed by atoms with Crippen LogP contribution < -0.4 is 0 Å². The van der Waals surface area contributed by atoms with Gasteiger partial charge in [0.05, 0.1) is 5.52 Å². The summed E-state index contributed by atoms with van der Waals surface area (Å²) in [5.74, 6) is 0.353. The average Bonchev–Trinajstić information content (AvgIpc) is 2.68. The highest BCUT2D eigenvalue weighted by Gasteiger charge is 2.27. The number of hydrogen-bond acceptors (Lipinski definition) is 4. The highest BCUT2D eigenvalue weighted by Crippen LogP contribution is 2.27. The lowest BCUT2D eigenvalue weighted by molar-refractivity contribution is 0.0708. The zero-order valence-corrected chi connectivity index (χ0v) is 13.3. The summed E-state index contributed by atoms with van der Waals surface area (Å²) >= 11 is 0. The quantitative estimate of drug-likeness (QED) is 0.728. The van der Waals surface area contributed by atoms with Gasteiger partial charge in [0.2, 0.25) is 0 Å². The van der Waals surface area contributed by atoms with E-state index in [1.807, 2.05) is 41.3 Å². The molecule has 0 aliphatic carbocycles. The number of piperidine rings is 1. The van der Waals surface area contributed by atoms with E-state index >= 15 is 0 Å². The minimum absolute atomic E-state index is 0.0763. The number of hydrogen-bond donors (Lipinski definition) is 0. The second kappa shape index (κ2) is 6.35. The van der Waals surface area contributed by atoms with E-state index in [0.717, 1.165) is 41.5 Å². The van der Waals surface area contributed by atoms with Gasteiger partial charge >= 0.3 is 0 Å². The molecule has 24 heavy (non-hydrogen) atoms. The molecule has 120 valence electrons. The molecule has 1 aromatic carbocycles. The Bertz CT molecular complexity index is 860. The molecule has 5 nitrogen and oxygen atoms in total. The first-order valence-electron chi connectivity index (χ1n) is 8.22. The molecule has 0 radical (unpaired) electrons. The number of pyridine rings is 1. The summed E-state index contributed by atoms with van der Waals surface area (Å²) in [6.45, 7) is 1.49. The van der Waals surface area contributed by atoms with Crippen LogP contribution in [0.15, 0.2) is 55.1 Å². The van der Waals surface area contributed by atoms with E-state index in [1.54, 1.807) is 18.7 Å². The molecule has 1 aliphatic heterocycles. The van der Waals surface area contributed by atoms with Gasteiger partial charge in [-0.25, -0.2) is 9.97 Å². The third kappa shape index (κ3) is 2.73. The topological polar surface area (TPSA) is 59.0 Å². The van der Waals surface area contributed by atoms with Crippen molar-refractivity contribution >= 4 is 16.8 Å². The number of likely N-dealkylation sites (tertiary alicyclic amines) is 1. The second-order valence-electron chi connectivity index (χ2n) is 6.10. The molecule has 5 heteroatoms. The third-order valence-corrected chi connectivity index (χ3v) is 4.61. The fraction of sp³-hybridized carbons (Fsp3) is 0.263. The number of carbonyl (C=O) groups is 1. The Morgan fingerprint density at radius 2 is 2.04 bits per heavy atom. The monoisotopic (exact) mass is 318 g/mol. The maximum Gasteiger partial charge on any atom is 0.254 e. The van der Waals surface area contributed by atoms with Crippen molar-refractivity contribution in [3.63, 3.8) is 0 Å². The van der Waals surface area contributed by atoms with E-state index in [4.69, 9.17) is 0 Å². The summed E-state index contributed by atoms with van der Waals surface area (Å²) in [6, 6.07) is 11.5. The first kappa shape index (κ1) is 14.8. The molecule has 1 saturated heterocycles. The molecule has 3 heterocycles. The minimum atomic E-state index is 0.0763. The zero-order chi connectivity index (χ0) is 16.4. The van der Waals surface area contributed by atoms with Crippen molar-refractivity contribution in [2.45, 2.75) is 18.8 Å². The lowest BCUT2D eigenvalue weighted by Gasteiger charge is -2.32. The van der Waals surface area contributed by atoms with Crippen LogP contribution in [0.1, 0.15) is 34.8 Å². The van der Waals surface area contributed by atoms with E-state index < -0.39 is 0 Å². The van der Waals surface area contributed by atoms with Crippen LogP contribution >= 0.6 is 0 Å². The van der Waals surface area contributed by atoms with Crippen molar-refractivity contribution in [2.75, 3.05) is 13.1 Å². The normalized spacial score (nSPS) is 17.8. The number of benzene rings is 1. The van der Waals surface area contributed by atoms with Crippen molar-refractivity contribution in [1.82, 2.24) is 19.9 Å². The van der Waals surface area contributed by atoms with Gasteiger partial charge < -0.3 is 4.90 Å². The van der Waals surface area contributed by atoms with Crippen LogP contribution in [0.3, 0.4) is 0 Å². The number of aromatic nitrogens is 3. The predicted octanol–water partition coefficient (Wildman–Crippen LogP) is 3.04. The summed E-state index contributed by atoms with van der Waals surface area (Å²) in [5.41, 5.74) is 2.60. The molecular weight excluding hydrogens is 300 g/mol. The van der Waals surface area contributed by atoms with Gasteiger partial charge in [-0.2, -0.15) is 0 Å². The summed E-state index contributed by atoms with van der Waals surface area (Å²) in [4.78, 5) is 27.7. The standard InChI is InChI=1S/C19H18N4O/c24-19(16-5-1-7-18-15(16)6-2-9-21-18)23-11-3-4-14(12-23)17-8-10-20-13-22-17/h1-2,5-10,13-14H,3-4,11-12H2/t14-/m0/s1. The smallest absolute Gasteiger partial charge is 0.254 e. The Morgan fingerprint density at radius 3 is 2.92 bits per heavy atom. The molecule has 1 aliphatic rings. The number of fused-ring (bicyclic) bond motifs is 1. The average molecular weight is 318 g/mol. The molecule has 0 saturated carbocycles. The molecule has 0 spiro atoms. The number of carbonyl (C=O) groups excluding carboxylic acids is 1. The summed E-state index contributed by atoms with van der Waals surface area (Å²) < 4.78 is 0. The molecule has 0 unspecified atom stereocenters. The Kier molecular flexibility index (Phi) is 3.91. The number of amides is 1. The molecule has 1 fully saturated rings. The Hall–Kier alpha value is -2.82. The summed E-state index contributed by atoms with van der Waals surface area (Å²) in [6.07, 6.45) is 7.13. The highest BCUT2D eigenvalue weighted by atomic mass is 16.2. The molecule has 2 aromatic heterocycles. The van der Waals surface area contributed by atoms with Crippen LogP contribution in [0.5, 0.6) is 0 Å². The van der Waals surface area contributed by atoms with Gasteiger partial charge in [0, 0.05) is 48.0 Å². The van der Waals surface area contributed by atoms with Crippen LogP contribution in [0.25, 0.3) is 10.9 Å². The van der Waals surface area contributed by atoms with Crippen molar-refractivity contribution in [2.24, 2.45) is 0 Å². The molecule has 4 rings (SSSR count). The van der Waals surface area contributed by atoms with Gasteiger partial charge in [0.15, 0.2) is 0 Å². The van der Waals surface area contributed by atoms with Crippen LogP contribution in [-0.4, -0.2) is 38.8 Å². The molecule has 3 aromatic rings. The molecule has 1 amide bonds. The van der Waals surface area contributed by atoms with Crippen LogP contribution in [0.2, 0.25) is 0 Å². The summed E-state index contributed by atoms with van der Waals surface area (Å²) in [7, 11) is 0. The van der Waals surface area contributed by atoms with Crippen LogP contribution in [-0.2, 0) is 0 Å². The largest absolute Gasteiger partial charge is 0.338 e. The van der Waals surface area contributed by atoms with Gasteiger partial charge in [-0.15, -0.1) is 0 Å². The lowest BCUT2D eigenvalue weighted by Crippen LogP contribution is -2.39. The fourth-order valence-electron chi connectivity index (χ4n) is 3.41. The third-order valence-electron chi connectivity index (χ3n) is 4.61. The Labute approximate surface area is 140 Å². The molecule has 0 bridgehead atoms. The minimum Gasteiger partial charge on any atom is -0.338 e.